The van der Waals surface area contributed by atoms with Crippen molar-refractivity contribution < 1.29 is 29.0 Å². The van der Waals surface area contributed by atoms with Gasteiger partial charge in [0.1, 0.15) is 17.2 Å². The van der Waals surface area contributed by atoms with Gasteiger partial charge in [0.25, 0.3) is 0 Å². The van der Waals surface area contributed by atoms with Gasteiger partial charge in [-0.2, -0.15) is 0 Å². The Morgan fingerprint density at radius 3 is 2.29 bits per heavy atom. The normalized spacial score (nSPS) is 18.3. The molecule has 0 bridgehead atoms. The molecule has 5 rings (SSSR count). The van der Waals surface area contributed by atoms with Gasteiger partial charge in [0.2, 0.25) is 17.5 Å². The molecule has 3 N–H and O–H groups in total. The molecule has 0 heterocycles. The second kappa shape index (κ2) is 14.8. The number of anilines is 1. The third-order valence-electron chi connectivity index (χ3n) is 8.54. The maximum atomic E-state index is 12.6. The predicted molar refractivity (Wildman–Crippen MR) is 171 cm³/mol. The van der Waals surface area contributed by atoms with Crippen LogP contribution in [-0.2, 0) is 16.0 Å². The fourth-order valence-corrected chi connectivity index (χ4v) is 6.07. The van der Waals surface area contributed by atoms with E-state index >= 15 is 0 Å². The second-order valence-electron chi connectivity index (χ2n) is 12.0. The molecule has 234 valence electrons. The van der Waals surface area contributed by atoms with Crippen molar-refractivity contribution in [3.8, 4) is 17.2 Å². The largest absolute Gasteiger partial charge is 0.501 e. The number of rotatable bonds is 10. The number of amides is 2. The average Bonchev–Trinajstić information content (AvgIpc) is 3.04. The summed E-state index contributed by atoms with van der Waals surface area (Å²) in [7, 11) is 0. The minimum atomic E-state index is -1.10. The number of carboxylic acids is 1. The summed E-state index contributed by atoms with van der Waals surface area (Å²) in [6, 6.07) is 17.2. The summed E-state index contributed by atoms with van der Waals surface area (Å²) in [6.45, 7) is 9.47. The number of aryl methyl sites for hydroxylation is 1. The van der Waals surface area contributed by atoms with Crippen LogP contribution in [0.5, 0.6) is 17.2 Å². The minimum Gasteiger partial charge on any atom is -0.501 e. The smallest absolute Gasteiger partial charge is 0.337 e. The molecule has 0 atom stereocenters. The van der Waals surface area contributed by atoms with E-state index in [1.807, 2.05) is 0 Å². The molecule has 0 saturated heterocycles. The number of carbonyl (C=O) groups excluding carboxylic acids is 2. The number of aromatic carboxylic acids is 1. The summed E-state index contributed by atoms with van der Waals surface area (Å²) in [5.74, 6) is 0.504. The molecule has 9 heteroatoms. The molecule has 2 fully saturated rings. The second-order valence-corrected chi connectivity index (χ2v) is 12.0. The summed E-state index contributed by atoms with van der Waals surface area (Å²) >= 11 is 0. The highest BCUT2D eigenvalue weighted by atomic mass is 16.5. The van der Waals surface area contributed by atoms with Crippen LogP contribution in [0.3, 0.4) is 0 Å². The number of benzene rings is 3. The van der Waals surface area contributed by atoms with Crippen LogP contribution in [0, 0.1) is 19.4 Å². The van der Waals surface area contributed by atoms with E-state index in [1.165, 1.54) is 12.5 Å². The zero-order valence-corrected chi connectivity index (χ0v) is 25.5. The minimum absolute atomic E-state index is 0.00781. The molecule has 0 aromatic heterocycles. The fourth-order valence-electron chi connectivity index (χ4n) is 6.07. The number of hydrogen-bond acceptors (Lipinski definition) is 5. The van der Waals surface area contributed by atoms with Gasteiger partial charge >= 0.3 is 5.97 Å². The first-order valence-corrected chi connectivity index (χ1v) is 15.7. The summed E-state index contributed by atoms with van der Waals surface area (Å²) < 4.78 is 12.2. The van der Waals surface area contributed by atoms with Gasteiger partial charge in [-0.15, -0.1) is 0 Å². The monoisotopic (exact) mass is 609 g/mol. The fraction of sp³-hybridized carbons (Fsp3) is 0.389. The van der Waals surface area contributed by atoms with Crippen molar-refractivity contribution in [2.24, 2.45) is 5.92 Å². The lowest BCUT2D eigenvalue weighted by molar-refractivity contribution is -0.127. The Morgan fingerprint density at radius 1 is 0.889 bits per heavy atom. The molecule has 0 spiro atoms. The molecule has 0 unspecified atom stereocenters. The maximum absolute atomic E-state index is 12.6. The number of ether oxygens (including phenoxy) is 2. The summed E-state index contributed by atoms with van der Waals surface area (Å²) in [4.78, 5) is 40.4. The molecule has 2 amide bonds. The van der Waals surface area contributed by atoms with Crippen LogP contribution in [0.1, 0.15) is 79.3 Å². The van der Waals surface area contributed by atoms with Gasteiger partial charge in [0, 0.05) is 12.0 Å². The van der Waals surface area contributed by atoms with Crippen LogP contribution >= 0.6 is 0 Å². The van der Waals surface area contributed by atoms with Crippen LogP contribution in [0.2, 0.25) is 0 Å². The first-order chi connectivity index (χ1) is 21.8. The molecule has 0 radical (unpaired) electrons. The van der Waals surface area contributed by atoms with Gasteiger partial charge in [0.05, 0.1) is 30.3 Å². The van der Waals surface area contributed by atoms with Gasteiger partial charge in [-0.05, 0) is 93.5 Å². The van der Waals surface area contributed by atoms with E-state index in [9.17, 15) is 19.5 Å². The van der Waals surface area contributed by atoms with E-state index in [2.05, 4.69) is 15.5 Å². The van der Waals surface area contributed by atoms with Crippen molar-refractivity contribution in [2.45, 2.75) is 83.3 Å². The van der Waals surface area contributed by atoms with E-state index in [0.717, 1.165) is 62.5 Å². The van der Waals surface area contributed by atoms with E-state index in [0.29, 0.717) is 22.9 Å². The Balaban J connectivity index is 1.11. The van der Waals surface area contributed by atoms with Crippen LogP contribution in [-0.4, -0.2) is 35.0 Å². The Kier molecular flexibility index (Phi) is 10.4. The number of carboxylic acid groups (broad SMARTS) is 1. The van der Waals surface area contributed by atoms with Crippen molar-refractivity contribution in [2.75, 3.05) is 5.32 Å². The Bertz CT molecular complexity index is 1560. The highest BCUT2D eigenvalue weighted by molar-refractivity contribution is 6.01. The van der Waals surface area contributed by atoms with E-state index in [4.69, 9.17) is 16.0 Å². The topological polar surface area (TPSA) is 118 Å². The quantitative estimate of drug-likeness (QED) is 0.204. The number of carbonyl (C=O) groups is 3. The Hall–Kier alpha value is -4.84. The van der Waals surface area contributed by atoms with Gasteiger partial charge in [-0.1, -0.05) is 43.0 Å². The molecule has 2 saturated carbocycles. The molecule has 2 aliphatic carbocycles. The molecular formula is C36H39N3O6. The van der Waals surface area contributed by atoms with Crippen molar-refractivity contribution >= 4 is 29.2 Å². The van der Waals surface area contributed by atoms with Gasteiger partial charge in [0.15, 0.2) is 0 Å². The van der Waals surface area contributed by atoms with Crippen LogP contribution in [0.25, 0.3) is 4.85 Å². The molecule has 2 aliphatic rings. The van der Waals surface area contributed by atoms with Crippen LogP contribution in [0.15, 0.2) is 60.7 Å². The predicted octanol–water partition coefficient (Wildman–Crippen LogP) is 7.60. The molecule has 0 aliphatic heterocycles. The summed E-state index contributed by atoms with van der Waals surface area (Å²) in [5, 5.41) is 15.4. The maximum Gasteiger partial charge on any atom is 0.337 e. The van der Waals surface area contributed by atoms with Crippen LogP contribution in [0.4, 0.5) is 11.4 Å². The molecule has 9 nitrogen and oxygen atoms in total. The van der Waals surface area contributed by atoms with E-state index in [1.54, 1.807) is 61.5 Å². The third-order valence-corrected chi connectivity index (χ3v) is 8.54. The number of nitrogens with one attached hydrogen (secondary N) is 2. The lowest BCUT2D eigenvalue weighted by Crippen LogP contribution is -2.42. The number of nitrogens with zero attached hydrogens (tertiary/aromatic N) is 1. The zero-order chi connectivity index (χ0) is 31.8. The van der Waals surface area contributed by atoms with Gasteiger partial charge in [-0.3, -0.25) is 9.59 Å². The zero-order valence-electron chi connectivity index (χ0n) is 25.5. The van der Waals surface area contributed by atoms with Crippen LogP contribution < -0.4 is 20.1 Å². The lowest BCUT2D eigenvalue weighted by atomic mass is 9.87. The van der Waals surface area contributed by atoms with Crippen molar-refractivity contribution in [3.63, 3.8) is 0 Å². The summed E-state index contributed by atoms with van der Waals surface area (Å²) in [5.41, 5.74) is 2.20. The highest BCUT2D eigenvalue weighted by Crippen LogP contribution is 2.36. The number of hydrogen-bond donors (Lipinski definition) is 3. The first-order valence-electron chi connectivity index (χ1n) is 15.7. The first kappa shape index (κ1) is 31.6. The van der Waals surface area contributed by atoms with Gasteiger partial charge < -0.3 is 25.2 Å². The molecule has 3 aromatic rings. The average molecular weight is 610 g/mol. The lowest BCUT2D eigenvalue weighted by Gasteiger charge is -2.31. The Labute approximate surface area is 263 Å². The highest BCUT2D eigenvalue weighted by Gasteiger charge is 2.27. The van der Waals surface area contributed by atoms with Crippen molar-refractivity contribution in [3.05, 3.63) is 88.8 Å². The summed E-state index contributed by atoms with van der Waals surface area (Å²) in [6.07, 6.45) is 8.96. The van der Waals surface area contributed by atoms with Crippen molar-refractivity contribution in [1.82, 2.24) is 5.32 Å². The molecule has 3 aromatic carbocycles. The third kappa shape index (κ3) is 8.63. The van der Waals surface area contributed by atoms with E-state index < -0.39 is 5.97 Å². The molecule has 45 heavy (non-hydrogen) atoms. The standard InChI is InChI=1S/C36H39N3O6/c1-23-8-18-31(30(20-23)36(42)43)39-34(40)21-24-9-13-27(14-10-24)44-29-17-19-33(32(22-29)37-2)45-28-15-11-26(12-16-28)38-35(41)25-6-4-3-5-7-25/h8-10,13-14,17-20,22,25-26,28H,3-7,11-12,15-16,21H2,1H3,(H,38,41)(H,39,40)(H,42,43). The van der Waals surface area contributed by atoms with E-state index in [-0.39, 0.29) is 47.5 Å². The SMILES string of the molecule is [C-]#[N+]c1cc(Oc2ccc(CC(=O)Nc3ccc(C)cc3C(=O)O)cc2)ccc1OC1CCC(NC(=O)C2CCCCC2)CC1. The van der Waals surface area contributed by atoms with Gasteiger partial charge in [-0.25, -0.2) is 9.64 Å². The Morgan fingerprint density at radius 2 is 1.60 bits per heavy atom. The molecular weight excluding hydrogens is 570 g/mol. The van der Waals surface area contributed by atoms with Crippen molar-refractivity contribution in [1.29, 1.82) is 0 Å².